The number of hydrogen-bond donors (Lipinski definition) is 1. The molecule has 0 saturated carbocycles. The number of aromatic amines is 1. The van der Waals surface area contributed by atoms with Gasteiger partial charge in [0.1, 0.15) is 11.4 Å². The van der Waals surface area contributed by atoms with E-state index in [4.69, 9.17) is 9.72 Å². The Bertz CT molecular complexity index is 1320. The Kier molecular flexibility index (Phi) is 6.52. The van der Waals surface area contributed by atoms with E-state index < -0.39 is 0 Å². The smallest absolute Gasteiger partial charge is 0.255 e. The second kappa shape index (κ2) is 10.0. The van der Waals surface area contributed by atoms with Crippen molar-refractivity contribution in [2.75, 3.05) is 20.2 Å². The summed E-state index contributed by atoms with van der Waals surface area (Å²) in [5.74, 6) is 1.67. The molecule has 0 aliphatic carbocycles. The van der Waals surface area contributed by atoms with Gasteiger partial charge in [0, 0.05) is 61.0 Å². The third-order valence-corrected chi connectivity index (χ3v) is 6.36. The number of benzene rings is 1. The van der Waals surface area contributed by atoms with Crippen molar-refractivity contribution in [3.8, 4) is 17.3 Å². The highest BCUT2D eigenvalue weighted by Gasteiger charge is 2.27. The number of aromatic nitrogens is 5. The summed E-state index contributed by atoms with van der Waals surface area (Å²) in [6.45, 7) is 3.29. The Hall–Kier alpha value is -4.07. The lowest BCUT2D eigenvalue weighted by atomic mass is 9.94. The first kappa shape index (κ1) is 22.7. The summed E-state index contributed by atoms with van der Waals surface area (Å²) in [7, 11) is 1.67. The number of hydrogen-bond acceptors (Lipinski definition) is 6. The van der Waals surface area contributed by atoms with Gasteiger partial charge < -0.3 is 14.6 Å². The van der Waals surface area contributed by atoms with E-state index >= 15 is 0 Å². The number of piperidine rings is 1. The molecule has 1 aromatic carbocycles. The van der Waals surface area contributed by atoms with Gasteiger partial charge in [-0.2, -0.15) is 0 Å². The average molecular weight is 469 g/mol. The molecular weight excluding hydrogens is 440 g/mol. The van der Waals surface area contributed by atoms with Crippen LogP contribution in [0.3, 0.4) is 0 Å². The Morgan fingerprint density at radius 2 is 2.00 bits per heavy atom. The summed E-state index contributed by atoms with van der Waals surface area (Å²) >= 11 is 0. The summed E-state index contributed by atoms with van der Waals surface area (Å²) in [6.07, 6.45) is 9.50. The third-order valence-electron chi connectivity index (χ3n) is 6.36. The Labute approximate surface area is 204 Å². The summed E-state index contributed by atoms with van der Waals surface area (Å²) in [6, 6.07) is 11.7. The molecule has 4 aromatic rings. The van der Waals surface area contributed by atoms with Gasteiger partial charge in [0.2, 0.25) is 0 Å². The van der Waals surface area contributed by atoms with Crippen molar-refractivity contribution in [1.29, 1.82) is 0 Å². The molecule has 5 rings (SSSR count). The van der Waals surface area contributed by atoms with Crippen LogP contribution in [-0.2, 0) is 6.42 Å². The molecule has 1 N–H and O–H groups in total. The summed E-state index contributed by atoms with van der Waals surface area (Å²) < 4.78 is 5.44. The van der Waals surface area contributed by atoms with Crippen LogP contribution in [-0.4, -0.2) is 55.9 Å². The largest absolute Gasteiger partial charge is 0.496 e. The molecule has 8 nitrogen and oxygen atoms in total. The van der Waals surface area contributed by atoms with E-state index in [-0.39, 0.29) is 11.8 Å². The molecule has 1 aliphatic heterocycles. The number of imidazole rings is 1. The zero-order valence-corrected chi connectivity index (χ0v) is 19.9. The minimum atomic E-state index is -0.00295. The predicted octanol–water partition coefficient (Wildman–Crippen LogP) is 4.19. The first-order chi connectivity index (χ1) is 17.1. The standard InChI is InChI=1S/C27H28N6O2/c1-18-13-30-26(31-18)24-16-28-15-23(32-24)21-7-5-11-33(17-21)27(34)20-9-10-22(29-14-20)12-19-6-3-4-8-25(19)35-2/h3-4,6,8-10,13-16,21H,5,7,11-12,17H2,1-2H3,(H,30,31)/t21-/m1/s1. The molecule has 4 heterocycles. The van der Waals surface area contributed by atoms with Crippen LogP contribution in [0.2, 0.25) is 0 Å². The number of methoxy groups -OCH3 is 1. The topological polar surface area (TPSA) is 96.9 Å². The number of amides is 1. The fraction of sp³-hybridized carbons (Fsp3) is 0.296. The highest BCUT2D eigenvalue weighted by atomic mass is 16.5. The number of pyridine rings is 1. The van der Waals surface area contributed by atoms with E-state index in [0.717, 1.165) is 47.8 Å². The van der Waals surface area contributed by atoms with Crippen LogP contribution in [0.5, 0.6) is 5.75 Å². The number of nitrogens with zero attached hydrogens (tertiary/aromatic N) is 5. The van der Waals surface area contributed by atoms with Gasteiger partial charge in [-0.1, -0.05) is 18.2 Å². The van der Waals surface area contributed by atoms with Crippen LogP contribution in [0.1, 0.15) is 51.8 Å². The van der Waals surface area contributed by atoms with Gasteiger partial charge in [-0.3, -0.25) is 14.8 Å². The number of H-pyrrole nitrogens is 1. The summed E-state index contributed by atoms with van der Waals surface area (Å²) in [5, 5.41) is 0. The molecule has 0 radical (unpaired) electrons. The van der Waals surface area contributed by atoms with Gasteiger partial charge >= 0.3 is 0 Å². The lowest BCUT2D eigenvalue weighted by Crippen LogP contribution is -2.39. The number of likely N-dealkylation sites (tertiary alicyclic amines) is 1. The monoisotopic (exact) mass is 468 g/mol. The maximum atomic E-state index is 13.3. The summed E-state index contributed by atoms with van der Waals surface area (Å²) in [4.78, 5) is 36.5. The van der Waals surface area contributed by atoms with E-state index in [2.05, 4.69) is 19.9 Å². The molecule has 3 aromatic heterocycles. The molecule has 1 atom stereocenters. The van der Waals surface area contributed by atoms with Crippen molar-refractivity contribution in [2.24, 2.45) is 0 Å². The third kappa shape index (κ3) is 5.06. The van der Waals surface area contributed by atoms with Crippen LogP contribution in [0.15, 0.2) is 61.2 Å². The van der Waals surface area contributed by atoms with Crippen molar-refractivity contribution in [3.63, 3.8) is 0 Å². The van der Waals surface area contributed by atoms with Gasteiger partial charge in [-0.05, 0) is 38.0 Å². The highest BCUT2D eigenvalue weighted by Crippen LogP contribution is 2.27. The number of carbonyl (C=O) groups excluding carboxylic acids is 1. The second-order valence-corrected chi connectivity index (χ2v) is 8.86. The Balaban J connectivity index is 1.27. The van der Waals surface area contributed by atoms with Crippen LogP contribution in [0.4, 0.5) is 0 Å². The van der Waals surface area contributed by atoms with Gasteiger partial charge in [0.05, 0.1) is 24.6 Å². The van der Waals surface area contributed by atoms with E-state index in [1.165, 1.54) is 0 Å². The number of carbonyl (C=O) groups is 1. The van der Waals surface area contributed by atoms with E-state index in [1.54, 1.807) is 31.9 Å². The highest BCUT2D eigenvalue weighted by molar-refractivity contribution is 5.94. The lowest BCUT2D eigenvalue weighted by molar-refractivity contribution is 0.0705. The molecule has 178 valence electrons. The van der Waals surface area contributed by atoms with Crippen molar-refractivity contribution < 1.29 is 9.53 Å². The fourth-order valence-corrected chi connectivity index (χ4v) is 4.52. The normalized spacial score (nSPS) is 15.7. The molecule has 1 aliphatic rings. The Morgan fingerprint density at radius 1 is 1.11 bits per heavy atom. The molecule has 1 amide bonds. The molecular formula is C27H28N6O2. The first-order valence-electron chi connectivity index (χ1n) is 11.8. The number of ether oxygens (including phenoxy) is 1. The van der Waals surface area contributed by atoms with Crippen LogP contribution in [0.25, 0.3) is 11.5 Å². The molecule has 0 unspecified atom stereocenters. The molecule has 1 fully saturated rings. The quantitative estimate of drug-likeness (QED) is 0.456. The zero-order chi connectivity index (χ0) is 24.2. The number of nitrogens with one attached hydrogen (secondary N) is 1. The van der Waals surface area contributed by atoms with E-state index in [9.17, 15) is 4.79 Å². The zero-order valence-electron chi connectivity index (χ0n) is 19.9. The molecule has 35 heavy (non-hydrogen) atoms. The number of aryl methyl sites for hydroxylation is 1. The summed E-state index contributed by atoms with van der Waals surface area (Å²) in [5.41, 5.74) is 5.13. The maximum Gasteiger partial charge on any atom is 0.255 e. The van der Waals surface area contributed by atoms with Crippen LogP contribution in [0, 0.1) is 6.92 Å². The van der Waals surface area contributed by atoms with Gasteiger partial charge in [0.15, 0.2) is 5.82 Å². The van der Waals surface area contributed by atoms with Crippen LogP contribution < -0.4 is 4.74 Å². The number of para-hydroxylation sites is 1. The molecule has 0 spiro atoms. The van der Waals surface area contributed by atoms with Crippen molar-refractivity contribution in [1.82, 2.24) is 29.8 Å². The van der Waals surface area contributed by atoms with Crippen molar-refractivity contribution in [3.05, 3.63) is 89.4 Å². The lowest BCUT2D eigenvalue weighted by Gasteiger charge is -2.32. The minimum Gasteiger partial charge on any atom is -0.496 e. The van der Waals surface area contributed by atoms with Crippen molar-refractivity contribution in [2.45, 2.75) is 32.1 Å². The predicted molar refractivity (Wildman–Crippen MR) is 132 cm³/mol. The average Bonchev–Trinajstić information content (AvgIpc) is 3.35. The minimum absolute atomic E-state index is 0.00295. The first-order valence-corrected chi connectivity index (χ1v) is 11.8. The SMILES string of the molecule is COc1ccccc1Cc1ccc(C(=O)N2CCC[C@@H](c3cncc(-c4ncc(C)[nH]4)n3)C2)cn1. The molecule has 8 heteroatoms. The maximum absolute atomic E-state index is 13.3. The number of rotatable bonds is 6. The molecule has 1 saturated heterocycles. The molecule has 0 bridgehead atoms. The van der Waals surface area contributed by atoms with Crippen LogP contribution >= 0.6 is 0 Å². The van der Waals surface area contributed by atoms with E-state index in [1.807, 2.05) is 48.2 Å². The Morgan fingerprint density at radius 3 is 2.77 bits per heavy atom. The van der Waals surface area contributed by atoms with Gasteiger partial charge in [0.25, 0.3) is 5.91 Å². The van der Waals surface area contributed by atoms with E-state index in [0.29, 0.717) is 30.0 Å². The van der Waals surface area contributed by atoms with Crippen molar-refractivity contribution >= 4 is 5.91 Å². The van der Waals surface area contributed by atoms with Gasteiger partial charge in [-0.15, -0.1) is 0 Å². The second-order valence-electron chi connectivity index (χ2n) is 8.86. The fourth-order valence-electron chi connectivity index (χ4n) is 4.52. The van der Waals surface area contributed by atoms with Gasteiger partial charge in [-0.25, -0.2) is 9.97 Å².